The molecular weight excluding hydrogens is 309 g/mol. The number of thiophene rings is 1. The topological polar surface area (TPSA) is 38.3 Å². The van der Waals surface area contributed by atoms with Crippen LogP contribution >= 0.6 is 23.1 Å². The van der Waals surface area contributed by atoms with Crippen LogP contribution in [0.25, 0.3) is 0 Å². The van der Waals surface area contributed by atoms with E-state index < -0.39 is 0 Å². The van der Waals surface area contributed by atoms with Gasteiger partial charge in [0.2, 0.25) is 5.91 Å². The number of amides is 1. The predicted octanol–water partition coefficient (Wildman–Crippen LogP) is 3.45. The number of methoxy groups -OCH3 is 1. The first-order valence-electron chi connectivity index (χ1n) is 6.38. The van der Waals surface area contributed by atoms with Crippen LogP contribution < -0.4 is 10.1 Å². The zero-order valence-corrected chi connectivity index (χ0v) is 13.2. The summed E-state index contributed by atoms with van der Waals surface area (Å²) in [5.41, 5.74) is 0.758. The molecule has 2 aromatic rings. The van der Waals surface area contributed by atoms with Crippen molar-refractivity contribution in [3.8, 4) is 5.75 Å². The Labute approximate surface area is 131 Å². The summed E-state index contributed by atoms with van der Waals surface area (Å²) in [6.45, 7) is 0.556. The van der Waals surface area contributed by atoms with Crippen LogP contribution in [0, 0.1) is 5.82 Å². The molecule has 1 amide bonds. The molecule has 0 spiro atoms. The second-order valence-corrected chi connectivity index (χ2v) is 6.32. The van der Waals surface area contributed by atoms with E-state index in [2.05, 4.69) is 5.32 Å². The van der Waals surface area contributed by atoms with Crippen molar-refractivity contribution in [2.75, 3.05) is 12.9 Å². The van der Waals surface area contributed by atoms with Crippen molar-refractivity contribution in [2.45, 2.75) is 12.3 Å². The Kier molecular flexibility index (Phi) is 6.07. The molecule has 0 radical (unpaired) electrons. The second kappa shape index (κ2) is 8.05. The minimum atomic E-state index is -0.298. The number of carbonyl (C=O) groups is 1. The molecule has 0 saturated carbocycles. The van der Waals surface area contributed by atoms with Crippen LogP contribution in [0.4, 0.5) is 4.39 Å². The van der Waals surface area contributed by atoms with E-state index in [1.54, 1.807) is 24.5 Å². The molecular formula is C15H16FNO2S2. The van der Waals surface area contributed by atoms with E-state index in [9.17, 15) is 9.18 Å². The van der Waals surface area contributed by atoms with Crippen molar-refractivity contribution in [3.63, 3.8) is 0 Å². The van der Waals surface area contributed by atoms with Gasteiger partial charge in [-0.05, 0) is 29.6 Å². The van der Waals surface area contributed by atoms with Crippen molar-refractivity contribution in [2.24, 2.45) is 0 Å². The minimum absolute atomic E-state index is 0.0243. The van der Waals surface area contributed by atoms with Crippen LogP contribution in [0.5, 0.6) is 5.75 Å². The van der Waals surface area contributed by atoms with Gasteiger partial charge in [0.1, 0.15) is 11.6 Å². The van der Waals surface area contributed by atoms with Crippen molar-refractivity contribution < 1.29 is 13.9 Å². The van der Waals surface area contributed by atoms with E-state index in [1.165, 1.54) is 23.9 Å². The molecule has 0 atom stereocenters. The summed E-state index contributed by atoms with van der Waals surface area (Å²) in [5.74, 6) is 1.19. The lowest BCUT2D eigenvalue weighted by Gasteiger charge is -2.08. The van der Waals surface area contributed by atoms with Gasteiger partial charge in [0, 0.05) is 16.2 Å². The van der Waals surface area contributed by atoms with Gasteiger partial charge in [0.15, 0.2) is 0 Å². The normalized spacial score (nSPS) is 10.4. The highest BCUT2D eigenvalue weighted by Crippen LogP contribution is 2.24. The highest BCUT2D eigenvalue weighted by Gasteiger charge is 2.07. The van der Waals surface area contributed by atoms with Crippen LogP contribution in [-0.2, 0) is 17.1 Å². The number of hydrogen-bond donors (Lipinski definition) is 1. The summed E-state index contributed by atoms with van der Waals surface area (Å²) in [4.78, 5) is 12.8. The molecule has 1 aromatic carbocycles. The zero-order chi connectivity index (χ0) is 15.1. The van der Waals surface area contributed by atoms with Crippen molar-refractivity contribution in [3.05, 3.63) is 52.0 Å². The SMILES string of the molecule is COc1ccc(F)cc1CSCC(=O)NCc1cccs1. The van der Waals surface area contributed by atoms with E-state index in [0.717, 1.165) is 10.4 Å². The van der Waals surface area contributed by atoms with Crippen LogP contribution in [-0.4, -0.2) is 18.8 Å². The van der Waals surface area contributed by atoms with Gasteiger partial charge in [-0.25, -0.2) is 4.39 Å². The summed E-state index contributed by atoms with van der Waals surface area (Å²) >= 11 is 3.05. The maximum Gasteiger partial charge on any atom is 0.230 e. The average molecular weight is 325 g/mol. The molecule has 0 bridgehead atoms. The lowest BCUT2D eigenvalue weighted by Crippen LogP contribution is -2.24. The Morgan fingerprint density at radius 3 is 3.00 bits per heavy atom. The number of carbonyl (C=O) groups excluding carboxylic acids is 1. The number of rotatable bonds is 7. The number of hydrogen-bond acceptors (Lipinski definition) is 4. The number of halogens is 1. The van der Waals surface area contributed by atoms with Gasteiger partial charge in [-0.15, -0.1) is 23.1 Å². The van der Waals surface area contributed by atoms with E-state index in [0.29, 0.717) is 23.8 Å². The number of benzene rings is 1. The van der Waals surface area contributed by atoms with Gasteiger partial charge >= 0.3 is 0 Å². The Morgan fingerprint density at radius 2 is 2.29 bits per heavy atom. The zero-order valence-electron chi connectivity index (χ0n) is 11.6. The highest BCUT2D eigenvalue weighted by atomic mass is 32.2. The third-order valence-electron chi connectivity index (χ3n) is 2.77. The van der Waals surface area contributed by atoms with Gasteiger partial charge in [0.25, 0.3) is 0 Å². The van der Waals surface area contributed by atoms with Crippen LogP contribution in [0.2, 0.25) is 0 Å². The first kappa shape index (κ1) is 15.9. The molecule has 0 fully saturated rings. The Morgan fingerprint density at radius 1 is 1.43 bits per heavy atom. The lowest BCUT2D eigenvalue weighted by molar-refractivity contribution is -0.118. The lowest BCUT2D eigenvalue weighted by atomic mass is 10.2. The number of ether oxygens (including phenoxy) is 1. The van der Waals surface area contributed by atoms with Gasteiger partial charge in [-0.2, -0.15) is 0 Å². The molecule has 21 heavy (non-hydrogen) atoms. The molecule has 6 heteroatoms. The quantitative estimate of drug-likeness (QED) is 0.847. The average Bonchev–Trinajstić information content (AvgIpc) is 2.99. The fraction of sp³-hybridized carbons (Fsp3) is 0.267. The summed E-state index contributed by atoms with van der Waals surface area (Å²) in [6.07, 6.45) is 0. The maximum absolute atomic E-state index is 13.2. The smallest absolute Gasteiger partial charge is 0.230 e. The summed E-state index contributed by atoms with van der Waals surface area (Å²) in [5, 5.41) is 4.84. The van der Waals surface area contributed by atoms with E-state index in [1.807, 2.05) is 17.5 Å². The third kappa shape index (κ3) is 5.06. The largest absolute Gasteiger partial charge is 0.496 e. The summed E-state index contributed by atoms with van der Waals surface area (Å²) in [6, 6.07) is 8.34. The molecule has 1 N–H and O–H groups in total. The summed E-state index contributed by atoms with van der Waals surface area (Å²) < 4.78 is 18.4. The molecule has 1 heterocycles. The van der Waals surface area contributed by atoms with Crippen LogP contribution in [0.15, 0.2) is 35.7 Å². The minimum Gasteiger partial charge on any atom is -0.496 e. The monoisotopic (exact) mass is 325 g/mol. The van der Waals surface area contributed by atoms with Gasteiger partial charge in [-0.1, -0.05) is 6.07 Å². The third-order valence-corrected chi connectivity index (χ3v) is 4.63. The fourth-order valence-electron chi connectivity index (χ4n) is 1.76. The van der Waals surface area contributed by atoms with Crippen molar-refractivity contribution in [1.82, 2.24) is 5.32 Å². The molecule has 0 unspecified atom stereocenters. The van der Waals surface area contributed by atoms with Crippen LogP contribution in [0.3, 0.4) is 0 Å². The Bertz CT molecular complexity index is 587. The first-order valence-corrected chi connectivity index (χ1v) is 8.41. The molecule has 2 rings (SSSR count). The predicted molar refractivity (Wildman–Crippen MR) is 85.3 cm³/mol. The maximum atomic E-state index is 13.2. The molecule has 112 valence electrons. The highest BCUT2D eigenvalue weighted by molar-refractivity contribution is 7.99. The molecule has 0 saturated heterocycles. The fourth-order valence-corrected chi connectivity index (χ4v) is 3.24. The summed E-state index contributed by atoms with van der Waals surface area (Å²) in [7, 11) is 1.55. The van der Waals surface area contributed by atoms with Crippen molar-refractivity contribution in [1.29, 1.82) is 0 Å². The molecule has 0 aliphatic rings. The van der Waals surface area contributed by atoms with Crippen LogP contribution in [0.1, 0.15) is 10.4 Å². The standard InChI is InChI=1S/C15H16FNO2S2/c1-19-14-5-4-12(16)7-11(14)9-20-10-15(18)17-8-13-3-2-6-21-13/h2-7H,8-10H2,1H3,(H,17,18). The van der Waals surface area contributed by atoms with E-state index >= 15 is 0 Å². The first-order chi connectivity index (χ1) is 10.2. The molecule has 0 aliphatic carbocycles. The van der Waals surface area contributed by atoms with E-state index in [-0.39, 0.29) is 11.7 Å². The number of thioether (sulfide) groups is 1. The number of nitrogens with one attached hydrogen (secondary N) is 1. The molecule has 3 nitrogen and oxygen atoms in total. The Balaban J connectivity index is 1.76. The molecule has 0 aliphatic heterocycles. The molecule has 1 aromatic heterocycles. The van der Waals surface area contributed by atoms with Gasteiger partial charge in [0.05, 0.1) is 19.4 Å². The second-order valence-electron chi connectivity index (χ2n) is 4.31. The van der Waals surface area contributed by atoms with E-state index in [4.69, 9.17) is 4.74 Å². The van der Waals surface area contributed by atoms with Gasteiger partial charge < -0.3 is 10.1 Å². The van der Waals surface area contributed by atoms with Crippen molar-refractivity contribution >= 4 is 29.0 Å². The Hall–Kier alpha value is -1.53. The van der Waals surface area contributed by atoms with Gasteiger partial charge in [-0.3, -0.25) is 4.79 Å².